The normalized spacial score (nSPS) is 29.3. The van der Waals surface area contributed by atoms with Crippen molar-refractivity contribution < 1.29 is 0 Å². The van der Waals surface area contributed by atoms with Gasteiger partial charge in [-0.25, -0.2) is 0 Å². The summed E-state index contributed by atoms with van der Waals surface area (Å²) >= 11 is 0. The first-order chi connectivity index (χ1) is 7.73. The van der Waals surface area contributed by atoms with Gasteiger partial charge in [-0.1, -0.05) is 33.6 Å². The maximum Gasteiger partial charge on any atom is 0.00966 e. The summed E-state index contributed by atoms with van der Waals surface area (Å²) in [5.74, 6) is 1.85. The van der Waals surface area contributed by atoms with E-state index in [-0.39, 0.29) is 5.54 Å². The van der Waals surface area contributed by atoms with Crippen molar-refractivity contribution in [3.05, 3.63) is 0 Å². The van der Waals surface area contributed by atoms with Gasteiger partial charge in [-0.3, -0.25) is 0 Å². The third-order valence-electron chi connectivity index (χ3n) is 4.23. The topological polar surface area (TPSA) is 12.0 Å². The van der Waals surface area contributed by atoms with Crippen LogP contribution in [0.5, 0.6) is 0 Å². The molecule has 0 saturated heterocycles. The second-order valence-corrected chi connectivity index (χ2v) is 7.85. The Morgan fingerprint density at radius 1 is 1.18 bits per heavy atom. The van der Waals surface area contributed by atoms with Crippen molar-refractivity contribution in [3.8, 4) is 0 Å². The average Bonchev–Trinajstić information content (AvgIpc) is 2.14. The Morgan fingerprint density at radius 3 is 2.35 bits per heavy atom. The molecule has 17 heavy (non-hydrogen) atoms. The van der Waals surface area contributed by atoms with E-state index >= 15 is 0 Å². The van der Waals surface area contributed by atoms with Crippen LogP contribution in [0, 0.1) is 17.3 Å². The highest BCUT2D eigenvalue weighted by molar-refractivity contribution is 4.87. The van der Waals surface area contributed by atoms with Gasteiger partial charge in [0.05, 0.1) is 0 Å². The van der Waals surface area contributed by atoms with Crippen LogP contribution in [0.4, 0.5) is 0 Å². The zero-order valence-corrected chi connectivity index (χ0v) is 12.9. The van der Waals surface area contributed by atoms with Crippen LogP contribution in [0.15, 0.2) is 0 Å². The molecule has 1 N–H and O–H groups in total. The van der Waals surface area contributed by atoms with Gasteiger partial charge in [0.1, 0.15) is 0 Å². The van der Waals surface area contributed by atoms with Gasteiger partial charge in [-0.15, -0.1) is 0 Å². The second kappa shape index (κ2) is 5.73. The van der Waals surface area contributed by atoms with Gasteiger partial charge < -0.3 is 5.32 Å². The van der Waals surface area contributed by atoms with Crippen LogP contribution in [0.3, 0.4) is 0 Å². The number of hydrogen-bond donors (Lipinski definition) is 1. The molecule has 0 aliphatic heterocycles. The summed E-state index contributed by atoms with van der Waals surface area (Å²) in [6.45, 7) is 15.3. The van der Waals surface area contributed by atoms with Crippen molar-refractivity contribution in [1.82, 2.24) is 5.32 Å². The lowest BCUT2D eigenvalue weighted by atomic mass is 9.66. The van der Waals surface area contributed by atoms with Gasteiger partial charge in [-0.05, 0) is 63.8 Å². The monoisotopic (exact) mass is 239 g/mol. The summed E-state index contributed by atoms with van der Waals surface area (Å²) in [6.07, 6.45) is 7.01. The summed E-state index contributed by atoms with van der Waals surface area (Å²) < 4.78 is 0. The fourth-order valence-corrected chi connectivity index (χ4v) is 3.20. The van der Waals surface area contributed by atoms with Crippen molar-refractivity contribution in [2.75, 3.05) is 6.54 Å². The highest BCUT2D eigenvalue weighted by atomic mass is 14.9. The van der Waals surface area contributed by atoms with Gasteiger partial charge in [0.15, 0.2) is 0 Å². The third-order valence-corrected chi connectivity index (χ3v) is 4.23. The molecule has 0 heterocycles. The van der Waals surface area contributed by atoms with E-state index < -0.39 is 0 Å². The molecule has 0 aromatic rings. The van der Waals surface area contributed by atoms with Crippen molar-refractivity contribution in [2.45, 2.75) is 79.2 Å². The number of nitrogens with one attached hydrogen (secondary N) is 1. The predicted molar refractivity (Wildman–Crippen MR) is 77.3 cm³/mol. The summed E-state index contributed by atoms with van der Waals surface area (Å²) in [4.78, 5) is 0. The fourth-order valence-electron chi connectivity index (χ4n) is 3.20. The molecule has 0 aromatic heterocycles. The molecule has 1 heteroatoms. The van der Waals surface area contributed by atoms with E-state index in [1.165, 1.54) is 38.6 Å². The largest absolute Gasteiger partial charge is 0.312 e. The standard InChI is InChI=1S/C16H33N/c1-7-8-13-11-16(5,6)10-9-14(13)12-17-15(2,3)4/h13-14,17H,7-12H2,1-6H3. The lowest BCUT2D eigenvalue weighted by Crippen LogP contribution is -2.43. The van der Waals surface area contributed by atoms with Gasteiger partial charge >= 0.3 is 0 Å². The van der Waals surface area contributed by atoms with Crippen LogP contribution < -0.4 is 5.32 Å². The smallest absolute Gasteiger partial charge is 0.00966 e. The molecule has 0 radical (unpaired) electrons. The lowest BCUT2D eigenvalue weighted by Gasteiger charge is -2.42. The summed E-state index contributed by atoms with van der Waals surface area (Å²) in [5.41, 5.74) is 0.849. The molecular weight excluding hydrogens is 206 g/mol. The van der Waals surface area contributed by atoms with Crippen molar-refractivity contribution in [2.24, 2.45) is 17.3 Å². The highest BCUT2D eigenvalue weighted by Crippen LogP contribution is 2.43. The lowest BCUT2D eigenvalue weighted by molar-refractivity contribution is 0.105. The Balaban J connectivity index is 2.52. The average molecular weight is 239 g/mol. The minimum Gasteiger partial charge on any atom is -0.312 e. The Morgan fingerprint density at radius 2 is 1.82 bits per heavy atom. The fraction of sp³-hybridized carbons (Fsp3) is 1.00. The van der Waals surface area contributed by atoms with E-state index in [0.29, 0.717) is 5.41 Å². The Labute approximate surface area is 109 Å². The molecular formula is C16H33N. The molecule has 1 saturated carbocycles. The van der Waals surface area contributed by atoms with Crippen LogP contribution in [-0.2, 0) is 0 Å². The first kappa shape index (κ1) is 15.0. The molecule has 1 fully saturated rings. The maximum absolute atomic E-state index is 3.71. The summed E-state index contributed by atoms with van der Waals surface area (Å²) in [5, 5.41) is 3.71. The molecule has 0 amide bonds. The molecule has 1 aliphatic rings. The summed E-state index contributed by atoms with van der Waals surface area (Å²) in [7, 11) is 0. The van der Waals surface area contributed by atoms with Gasteiger partial charge in [0, 0.05) is 5.54 Å². The second-order valence-electron chi connectivity index (χ2n) is 7.85. The van der Waals surface area contributed by atoms with Crippen LogP contribution in [-0.4, -0.2) is 12.1 Å². The van der Waals surface area contributed by atoms with Crippen molar-refractivity contribution in [3.63, 3.8) is 0 Å². The Bertz CT molecular complexity index is 224. The third kappa shape index (κ3) is 5.42. The molecule has 0 spiro atoms. The van der Waals surface area contributed by atoms with Crippen molar-refractivity contribution in [1.29, 1.82) is 0 Å². The predicted octanol–water partition coefficient (Wildman–Crippen LogP) is 4.62. The van der Waals surface area contributed by atoms with E-state index in [1.807, 2.05) is 0 Å². The number of hydrogen-bond acceptors (Lipinski definition) is 1. The molecule has 1 rings (SSSR count). The van der Waals surface area contributed by atoms with Crippen LogP contribution in [0.25, 0.3) is 0 Å². The highest BCUT2D eigenvalue weighted by Gasteiger charge is 2.34. The zero-order valence-electron chi connectivity index (χ0n) is 12.9. The van der Waals surface area contributed by atoms with Crippen LogP contribution in [0.2, 0.25) is 0 Å². The molecule has 102 valence electrons. The van der Waals surface area contributed by atoms with Crippen LogP contribution >= 0.6 is 0 Å². The van der Waals surface area contributed by atoms with Gasteiger partial charge in [-0.2, -0.15) is 0 Å². The minimum atomic E-state index is 0.268. The number of rotatable bonds is 4. The zero-order chi connectivity index (χ0) is 13.1. The van der Waals surface area contributed by atoms with E-state index in [0.717, 1.165) is 11.8 Å². The Kier molecular flexibility index (Phi) is 5.07. The summed E-state index contributed by atoms with van der Waals surface area (Å²) in [6, 6.07) is 0. The van der Waals surface area contributed by atoms with Crippen molar-refractivity contribution >= 4 is 0 Å². The first-order valence-electron chi connectivity index (χ1n) is 7.48. The maximum atomic E-state index is 3.71. The van der Waals surface area contributed by atoms with Crippen LogP contribution in [0.1, 0.15) is 73.6 Å². The molecule has 2 atom stereocenters. The van der Waals surface area contributed by atoms with Gasteiger partial charge in [0.2, 0.25) is 0 Å². The van der Waals surface area contributed by atoms with E-state index in [2.05, 4.69) is 46.9 Å². The molecule has 2 unspecified atom stereocenters. The van der Waals surface area contributed by atoms with E-state index in [4.69, 9.17) is 0 Å². The molecule has 0 aromatic carbocycles. The molecule has 1 nitrogen and oxygen atoms in total. The van der Waals surface area contributed by atoms with E-state index in [1.54, 1.807) is 0 Å². The van der Waals surface area contributed by atoms with Gasteiger partial charge in [0.25, 0.3) is 0 Å². The minimum absolute atomic E-state index is 0.268. The Hall–Kier alpha value is -0.0400. The molecule has 1 aliphatic carbocycles. The molecule has 0 bridgehead atoms. The quantitative estimate of drug-likeness (QED) is 0.755. The SMILES string of the molecule is CCCC1CC(C)(C)CCC1CNC(C)(C)C. The first-order valence-corrected chi connectivity index (χ1v) is 7.48. The van der Waals surface area contributed by atoms with E-state index in [9.17, 15) is 0 Å².